The maximum Gasteiger partial charge on any atom is 0.219 e. The van der Waals surface area contributed by atoms with Crippen molar-refractivity contribution < 1.29 is 0 Å². The van der Waals surface area contributed by atoms with Crippen molar-refractivity contribution in [1.29, 1.82) is 0 Å². The first kappa shape index (κ1) is 11.7. The largest absolute Gasteiger partial charge is 0.219 e. The summed E-state index contributed by atoms with van der Waals surface area (Å²) in [5, 5.41) is 1.49. The summed E-state index contributed by atoms with van der Waals surface area (Å²) in [5.41, 5.74) is 5.76. The average molecular weight is 260 g/mol. The fraction of sp³-hybridized carbons (Fsp3) is 0.211. The van der Waals surface area contributed by atoms with E-state index in [-0.39, 0.29) is 0 Å². The average Bonchev–Trinajstić information content (AvgIpc) is 3.24. The molecule has 0 bridgehead atoms. The Morgan fingerprint density at radius 1 is 0.600 bits per heavy atom. The van der Waals surface area contributed by atoms with Gasteiger partial charge in [0.2, 0.25) is 16.7 Å². The Hall–Kier alpha value is -2.15. The smallest absolute Gasteiger partial charge is 0.153 e. The van der Waals surface area contributed by atoms with Gasteiger partial charge in [0.25, 0.3) is 0 Å². The summed E-state index contributed by atoms with van der Waals surface area (Å²) in [6.45, 7) is 0. The fourth-order valence-electron chi connectivity index (χ4n) is 3.23. The van der Waals surface area contributed by atoms with Gasteiger partial charge in [-0.25, -0.2) is 0 Å². The molecule has 1 nitrogen and oxygen atoms in total. The van der Waals surface area contributed by atoms with Gasteiger partial charge in [-0.2, -0.15) is 4.58 Å². The van der Waals surface area contributed by atoms with E-state index in [0.717, 1.165) is 0 Å². The summed E-state index contributed by atoms with van der Waals surface area (Å²) < 4.78 is 2.43. The normalized spacial score (nSPS) is 14.2. The van der Waals surface area contributed by atoms with E-state index in [2.05, 4.69) is 65.2 Å². The van der Waals surface area contributed by atoms with Crippen molar-refractivity contribution in [2.45, 2.75) is 25.7 Å². The molecule has 4 rings (SSSR count). The van der Waals surface area contributed by atoms with Crippen LogP contribution in [0.3, 0.4) is 0 Å². The molecule has 0 saturated heterocycles. The fourth-order valence-corrected chi connectivity index (χ4v) is 3.23. The third-order valence-electron chi connectivity index (χ3n) is 4.23. The highest BCUT2D eigenvalue weighted by Crippen LogP contribution is 2.26. The van der Waals surface area contributed by atoms with Gasteiger partial charge in [-0.05, 0) is 25.7 Å². The van der Waals surface area contributed by atoms with Gasteiger partial charge in [-0.15, -0.1) is 0 Å². The third-order valence-corrected chi connectivity index (χ3v) is 4.23. The molecular weight excluding hydrogens is 242 g/mol. The molecule has 3 aromatic carbocycles. The first-order valence-corrected chi connectivity index (χ1v) is 7.45. The second-order valence-electron chi connectivity index (χ2n) is 5.52. The lowest BCUT2D eigenvalue weighted by Gasteiger charge is -2.00. The molecule has 0 atom stereocenters. The first-order chi connectivity index (χ1) is 9.95. The number of rotatable bonds is 2. The molecule has 0 N–H and O–H groups in total. The number of hydrogen-bond donors (Lipinski definition) is 0. The first-order valence-electron chi connectivity index (χ1n) is 7.45. The lowest BCUT2D eigenvalue weighted by atomic mass is 10.1. The Kier molecular flexibility index (Phi) is 2.77. The maximum atomic E-state index is 2.43. The Morgan fingerprint density at radius 2 is 1.05 bits per heavy atom. The van der Waals surface area contributed by atoms with Crippen LogP contribution in [-0.4, -0.2) is 0 Å². The van der Waals surface area contributed by atoms with Gasteiger partial charge in [-0.1, -0.05) is 36.4 Å². The number of benzene rings is 2. The minimum atomic E-state index is 1.26. The van der Waals surface area contributed by atoms with Crippen LogP contribution in [0.4, 0.5) is 11.4 Å². The highest BCUT2D eigenvalue weighted by molar-refractivity contribution is 5.55. The molecule has 1 aliphatic rings. The summed E-state index contributed by atoms with van der Waals surface area (Å²) in [4.78, 5) is 0. The highest BCUT2D eigenvalue weighted by atomic mass is 15.0. The molecular formula is C19H18N+. The molecule has 0 heterocycles. The Labute approximate surface area is 119 Å². The Morgan fingerprint density at radius 3 is 1.50 bits per heavy atom. The van der Waals surface area contributed by atoms with E-state index < -0.39 is 0 Å². The van der Waals surface area contributed by atoms with E-state index in [1.807, 2.05) is 0 Å². The second-order valence-corrected chi connectivity index (χ2v) is 5.52. The van der Waals surface area contributed by atoms with Crippen LogP contribution < -0.4 is 9.93 Å². The topological polar surface area (TPSA) is 3.01 Å². The van der Waals surface area contributed by atoms with E-state index in [0.29, 0.717) is 0 Å². The molecule has 1 heteroatoms. The number of hydrogen-bond acceptors (Lipinski definition) is 0. The van der Waals surface area contributed by atoms with Crippen LogP contribution >= 0.6 is 0 Å². The molecule has 0 aliphatic heterocycles. The zero-order valence-electron chi connectivity index (χ0n) is 11.5. The summed E-state index contributed by atoms with van der Waals surface area (Å²) in [7, 11) is 0. The van der Waals surface area contributed by atoms with Crippen molar-refractivity contribution in [3.8, 4) is 0 Å². The minimum absolute atomic E-state index is 1.26. The van der Waals surface area contributed by atoms with Crippen molar-refractivity contribution in [2.24, 2.45) is 0 Å². The van der Waals surface area contributed by atoms with Gasteiger partial charge in [0.05, 0.1) is 0 Å². The monoisotopic (exact) mass is 260 g/mol. The summed E-state index contributed by atoms with van der Waals surface area (Å²) in [5.74, 6) is 0. The van der Waals surface area contributed by atoms with Crippen LogP contribution in [0.1, 0.15) is 24.0 Å². The van der Waals surface area contributed by atoms with Crippen LogP contribution in [0.15, 0.2) is 60.7 Å². The second kappa shape index (κ2) is 4.75. The van der Waals surface area contributed by atoms with Gasteiger partial charge < -0.3 is 0 Å². The standard InChI is InChI=1S/C19H18N/c1-3-9-15(10-4-1)20(16-11-5-2-6-12-16)19-17-13-7-8-14-18(17)19/h1-6,9-12H,7-8,13-14H2/q+1. The zero-order chi connectivity index (χ0) is 13.4. The number of para-hydroxylation sites is 2. The van der Waals surface area contributed by atoms with Crippen molar-refractivity contribution in [3.05, 3.63) is 77.1 Å². The summed E-state index contributed by atoms with van der Waals surface area (Å²) in [6, 6.07) is 21.4. The summed E-state index contributed by atoms with van der Waals surface area (Å²) in [6.07, 6.45) is 5.22. The number of nitrogens with zero attached hydrogens (tertiary/aromatic N) is 1. The van der Waals surface area contributed by atoms with Crippen molar-refractivity contribution >= 4 is 11.4 Å². The molecule has 98 valence electrons. The molecule has 0 spiro atoms. The quantitative estimate of drug-likeness (QED) is 0.615. The van der Waals surface area contributed by atoms with Crippen LogP contribution in [-0.2, 0) is 12.8 Å². The molecule has 0 aromatic heterocycles. The molecule has 0 saturated carbocycles. The molecule has 0 amide bonds. The molecule has 0 fully saturated rings. The van der Waals surface area contributed by atoms with E-state index in [1.54, 1.807) is 11.1 Å². The minimum Gasteiger partial charge on any atom is -0.153 e. The molecule has 1 aliphatic carbocycles. The highest BCUT2D eigenvalue weighted by Gasteiger charge is 2.32. The van der Waals surface area contributed by atoms with Gasteiger partial charge in [0.1, 0.15) is 0 Å². The molecule has 0 unspecified atom stereocenters. The molecule has 20 heavy (non-hydrogen) atoms. The predicted molar refractivity (Wildman–Crippen MR) is 82.9 cm³/mol. The van der Waals surface area contributed by atoms with Crippen molar-refractivity contribution in [3.63, 3.8) is 0 Å². The molecule has 0 radical (unpaired) electrons. The van der Waals surface area contributed by atoms with E-state index in [9.17, 15) is 0 Å². The SMILES string of the molecule is c1ccc([N+](c2ccccc2)=c2c3c2CCCC3)cc1. The van der Waals surface area contributed by atoms with Crippen molar-refractivity contribution in [1.82, 2.24) is 4.58 Å². The summed E-state index contributed by atoms with van der Waals surface area (Å²) >= 11 is 0. The lowest BCUT2D eigenvalue weighted by Crippen LogP contribution is -2.15. The molecule has 3 aromatic rings. The van der Waals surface area contributed by atoms with E-state index >= 15 is 0 Å². The lowest BCUT2D eigenvalue weighted by molar-refractivity contribution is 0.715. The van der Waals surface area contributed by atoms with E-state index in [1.165, 1.54) is 42.4 Å². The zero-order valence-corrected chi connectivity index (χ0v) is 11.5. The Bertz CT molecular complexity index is 681. The van der Waals surface area contributed by atoms with Gasteiger partial charge >= 0.3 is 0 Å². The van der Waals surface area contributed by atoms with E-state index in [4.69, 9.17) is 0 Å². The predicted octanol–water partition coefficient (Wildman–Crippen LogP) is 3.88. The van der Waals surface area contributed by atoms with Crippen LogP contribution in [0.2, 0.25) is 0 Å². The third kappa shape index (κ3) is 1.90. The Balaban J connectivity index is 1.95. The van der Waals surface area contributed by atoms with Crippen LogP contribution in [0, 0.1) is 0 Å². The van der Waals surface area contributed by atoms with Crippen molar-refractivity contribution in [2.75, 3.05) is 0 Å². The van der Waals surface area contributed by atoms with Crippen LogP contribution in [0.25, 0.3) is 0 Å². The maximum absolute atomic E-state index is 2.43. The van der Waals surface area contributed by atoms with Gasteiger partial charge in [0.15, 0.2) is 0 Å². The van der Waals surface area contributed by atoms with Gasteiger partial charge in [0, 0.05) is 35.4 Å². The number of fused-ring (bicyclic) bond motifs is 1. The van der Waals surface area contributed by atoms with Gasteiger partial charge in [-0.3, -0.25) is 0 Å². The van der Waals surface area contributed by atoms with Crippen LogP contribution in [0.5, 0.6) is 0 Å².